The van der Waals surface area contributed by atoms with Gasteiger partial charge >= 0.3 is 5.97 Å². The summed E-state index contributed by atoms with van der Waals surface area (Å²) in [5, 5.41) is 8.83. The van der Waals surface area contributed by atoms with Crippen molar-refractivity contribution in [1.29, 1.82) is 0 Å². The number of carboxylic acid groups (broad SMARTS) is 1. The molecule has 0 unspecified atom stereocenters. The lowest BCUT2D eigenvalue weighted by Crippen LogP contribution is -2.00. The molecule has 0 amide bonds. The Hall–Kier alpha value is -2.29. The van der Waals surface area contributed by atoms with Crippen LogP contribution in [0.2, 0.25) is 0 Å². The highest BCUT2D eigenvalue weighted by atomic mass is 16.5. The SMILES string of the molecule is Cc1cccc(C)c1OCc1ccc(C(=O)O)cc1. The van der Waals surface area contributed by atoms with Gasteiger partial charge in [0, 0.05) is 0 Å². The Bertz CT molecular complexity index is 565. The van der Waals surface area contributed by atoms with E-state index in [1.54, 1.807) is 24.3 Å². The molecule has 0 spiro atoms. The molecule has 0 heterocycles. The number of ether oxygens (including phenoxy) is 1. The summed E-state index contributed by atoms with van der Waals surface area (Å²) in [5.41, 5.74) is 3.44. The molecule has 2 rings (SSSR count). The van der Waals surface area contributed by atoms with Crippen LogP contribution in [0.15, 0.2) is 42.5 Å². The van der Waals surface area contributed by atoms with Gasteiger partial charge in [0.15, 0.2) is 0 Å². The fourth-order valence-electron chi connectivity index (χ4n) is 1.93. The van der Waals surface area contributed by atoms with Gasteiger partial charge in [-0.15, -0.1) is 0 Å². The summed E-state index contributed by atoms with van der Waals surface area (Å²) in [6.07, 6.45) is 0. The largest absolute Gasteiger partial charge is 0.488 e. The Morgan fingerprint density at radius 3 is 2.16 bits per heavy atom. The molecule has 3 nitrogen and oxygen atoms in total. The van der Waals surface area contributed by atoms with Crippen LogP contribution in [0.4, 0.5) is 0 Å². The van der Waals surface area contributed by atoms with Gasteiger partial charge in [-0.2, -0.15) is 0 Å². The Morgan fingerprint density at radius 1 is 1.05 bits per heavy atom. The smallest absolute Gasteiger partial charge is 0.335 e. The van der Waals surface area contributed by atoms with Crippen molar-refractivity contribution >= 4 is 5.97 Å². The summed E-state index contributed by atoms with van der Waals surface area (Å²) >= 11 is 0. The van der Waals surface area contributed by atoms with Gasteiger partial charge < -0.3 is 9.84 Å². The maximum Gasteiger partial charge on any atom is 0.335 e. The van der Waals surface area contributed by atoms with Gasteiger partial charge in [0.25, 0.3) is 0 Å². The van der Waals surface area contributed by atoms with Crippen molar-refractivity contribution < 1.29 is 14.6 Å². The zero-order valence-corrected chi connectivity index (χ0v) is 11.0. The first-order valence-electron chi connectivity index (χ1n) is 6.09. The molecular weight excluding hydrogens is 240 g/mol. The van der Waals surface area contributed by atoms with Crippen molar-refractivity contribution in [2.24, 2.45) is 0 Å². The van der Waals surface area contributed by atoms with Crippen LogP contribution in [0.5, 0.6) is 5.75 Å². The van der Waals surface area contributed by atoms with Crippen LogP contribution in [0.1, 0.15) is 27.0 Å². The first kappa shape index (κ1) is 13.1. The van der Waals surface area contributed by atoms with E-state index in [9.17, 15) is 4.79 Å². The molecule has 98 valence electrons. The Morgan fingerprint density at radius 2 is 1.63 bits per heavy atom. The zero-order valence-electron chi connectivity index (χ0n) is 11.0. The maximum absolute atomic E-state index is 10.7. The van der Waals surface area contributed by atoms with E-state index in [0.29, 0.717) is 6.61 Å². The number of aryl methyl sites for hydroxylation is 2. The summed E-state index contributed by atoms with van der Waals surface area (Å²) in [5.74, 6) is -0.0213. The van der Waals surface area contributed by atoms with Crippen LogP contribution >= 0.6 is 0 Å². The minimum atomic E-state index is -0.915. The van der Waals surface area contributed by atoms with Crippen molar-refractivity contribution in [2.45, 2.75) is 20.5 Å². The summed E-state index contributed by atoms with van der Waals surface area (Å²) < 4.78 is 5.81. The lowest BCUT2D eigenvalue weighted by Gasteiger charge is -2.12. The number of rotatable bonds is 4. The van der Waals surface area contributed by atoms with Crippen LogP contribution in [0, 0.1) is 13.8 Å². The standard InChI is InChI=1S/C16H16O3/c1-11-4-3-5-12(2)15(11)19-10-13-6-8-14(9-7-13)16(17)18/h3-9H,10H2,1-2H3,(H,17,18). The summed E-state index contributed by atoms with van der Waals surface area (Å²) in [6.45, 7) is 4.46. The highest BCUT2D eigenvalue weighted by molar-refractivity contribution is 5.87. The number of para-hydroxylation sites is 1. The van der Waals surface area contributed by atoms with E-state index < -0.39 is 5.97 Å². The monoisotopic (exact) mass is 256 g/mol. The van der Waals surface area contributed by atoms with E-state index in [-0.39, 0.29) is 5.56 Å². The Labute approximate surface area is 112 Å². The molecule has 0 aliphatic heterocycles. The van der Waals surface area contributed by atoms with Crippen LogP contribution in [-0.2, 0) is 6.61 Å². The Kier molecular flexibility index (Phi) is 3.85. The third kappa shape index (κ3) is 3.13. The van der Waals surface area contributed by atoms with E-state index in [1.165, 1.54) is 0 Å². The number of carboxylic acids is 1. The predicted molar refractivity (Wildman–Crippen MR) is 73.6 cm³/mol. The Balaban J connectivity index is 2.08. The average molecular weight is 256 g/mol. The van der Waals surface area contributed by atoms with Crippen molar-refractivity contribution in [3.63, 3.8) is 0 Å². The second kappa shape index (κ2) is 5.57. The van der Waals surface area contributed by atoms with Gasteiger partial charge in [0.1, 0.15) is 12.4 Å². The molecule has 0 saturated carbocycles. The average Bonchev–Trinajstić information content (AvgIpc) is 2.38. The summed E-state index contributed by atoms with van der Waals surface area (Å²) in [4.78, 5) is 10.7. The van der Waals surface area contributed by atoms with E-state index in [2.05, 4.69) is 0 Å². The molecule has 19 heavy (non-hydrogen) atoms. The van der Waals surface area contributed by atoms with E-state index in [1.807, 2.05) is 32.0 Å². The van der Waals surface area contributed by atoms with Crippen molar-refractivity contribution in [1.82, 2.24) is 0 Å². The highest BCUT2D eigenvalue weighted by Crippen LogP contribution is 2.23. The van der Waals surface area contributed by atoms with Gasteiger partial charge in [-0.1, -0.05) is 30.3 Å². The topological polar surface area (TPSA) is 46.5 Å². The third-order valence-corrected chi connectivity index (χ3v) is 2.99. The lowest BCUT2D eigenvalue weighted by molar-refractivity contribution is 0.0697. The van der Waals surface area contributed by atoms with E-state index in [0.717, 1.165) is 22.4 Å². The van der Waals surface area contributed by atoms with Crippen molar-refractivity contribution in [2.75, 3.05) is 0 Å². The van der Waals surface area contributed by atoms with Gasteiger partial charge in [-0.05, 0) is 42.7 Å². The zero-order chi connectivity index (χ0) is 13.8. The van der Waals surface area contributed by atoms with Crippen LogP contribution in [-0.4, -0.2) is 11.1 Å². The van der Waals surface area contributed by atoms with Crippen LogP contribution < -0.4 is 4.74 Å². The fourth-order valence-corrected chi connectivity index (χ4v) is 1.93. The molecule has 0 aliphatic carbocycles. The second-order valence-corrected chi connectivity index (χ2v) is 4.51. The van der Waals surface area contributed by atoms with Gasteiger partial charge in [0.2, 0.25) is 0 Å². The highest BCUT2D eigenvalue weighted by Gasteiger charge is 2.05. The molecule has 3 heteroatoms. The molecular formula is C16H16O3. The van der Waals surface area contributed by atoms with Crippen molar-refractivity contribution in [3.8, 4) is 5.75 Å². The molecule has 2 aromatic rings. The molecule has 0 atom stereocenters. The first-order valence-corrected chi connectivity index (χ1v) is 6.09. The minimum Gasteiger partial charge on any atom is -0.488 e. The minimum absolute atomic E-state index is 0.288. The molecule has 0 radical (unpaired) electrons. The third-order valence-electron chi connectivity index (χ3n) is 2.99. The maximum atomic E-state index is 10.7. The number of carbonyl (C=O) groups is 1. The molecule has 1 N–H and O–H groups in total. The molecule has 0 saturated heterocycles. The fraction of sp³-hybridized carbons (Fsp3) is 0.188. The quantitative estimate of drug-likeness (QED) is 0.909. The molecule has 0 aliphatic rings. The van der Waals surface area contributed by atoms with Crippen molar-refractivity contribution in [3.05, 3.63) is 64.7 Å². The van der Waals surface area contributed by atoms with Gasteiger partial charge in [0.05, 0.1) is 5.56 Å². The first-order chi connectivity index (χ1) is 9.08. The van der Waals surface area contributed by atoms with E-state index in [4.69, 9.17) is 9.84 Å². The van der Waals surface area contributed by atoms with E-state index >= 15 is 0 Å². The predicted octanol–water partition coefficient (Wildman–Crippen LogP) is 3.58. The lowest BCUT2D eigenvalue weighted by atomic mass is 10.1. The molecule has 0 bridgehead atoms. The van der Waals surface area contributed by atoms with Crippen LogP contribution in [0.3, 0.4) is 0 Å². The summed E-state index contributed by atoms with van der Waals surface area (Å²) in [7, 11) is 0. The molecule has 0 aromatic heterocycles. The second-order valence-electron chi connectivity index (χ2n) is 4.51. The van der Waals surface area contributed by atoms with Gasteiger partial charge in [-0.25, -0.2) is 4.79 Å². The number of aromatic carboxylic acids is 1. The number of hydrogen-bond acceptors (Lipinski definition) is 2. The molecule has 2 aromatic carbocycles. The normalized spacial score (nSPS) is 10.2. The number of benzene rings is 2. The summed E-state index contributed by atoms with van der Waals surface area (Å²) in [6, 6.07) is 12.7. The van der Waals surface area contributed by atoms with Gasteiger partial charge in [-0.3, -0.25) is 0 Å². The number of hydrogen-bond donors (Lipinski definition) is 1. The van der Waals surface area contributed by atoms with Crippen LogP contribution in [0.25, 0.3) is 0 Å². The molecule has 0 fully saturated rings.